The number of nitrogens with one attached hydrogen (secondary N) is 1. The molecule has 0 radical (unpaired) electrons. The number of halogens is 7. The van der Waals surface area contributed by atoms with Crippen molar-refractivity contribution in [3.05, 3.63) is 35.1 Å². The quantitative estimate of drug-likeness (QED) is 0.594. The van der Waals surface area contributed by atoms with Crippen molar-refractivity contribution in [3.63, 3.8) is 0 Å². The van der Waals surface area contributed by atoms with Gasteiger partial charge in [-0.1, -0.05) is 6.07 Å². The van der Waals surface area contributed by atoms with Gasteiger partial charge in [-0.2, -0.15) is 26.3 Å². The van der Waals surface area contributed by atoms with Gasteiger partial charge in [-0.05, 0) is 37.1 Å². The molecule has 0 spiro atoms. The summed E-state index contributed by atoms with van der Waals surface area (Å²) in [6.45, 7) is -0.0219. The summed E-state index contributed by atoms with van der Waals surface area (Å²) in [5, 5.41) is 2.63. The fourth-order valence-corrected chi connectivity index (χ4v) is 1.77. The Morgan fingerprint density at radius 2 is 1.62 bits per heavy atom. The van der Waals surface area contributed by atoms with Crippen molar-refractivity contribution in [2.24, 2.45) is 0 Å². The molecule has 0 atom stereocenters. The summed E-state index contributed by atoms with van der Waals surface area (Å²) in [6.07, 6.45) is -9.71. The molecule has 120 valence electrons. The Balaban J connectivity index is 2.46. The molecule has 0 fully saturated rings. The molecule has 1 nitrogen and oxygen atoms in total. The van der Waals surface area contributed by atoms with E-state index in [2.05, 4.69) is 5.32 Å². The number of hydrogen-bond donors (Lipinski definition) is 1. The Kier molecular flexibility index (Phi) is 6.00. The van der Waals surface area contributed by atoms with Crippen molar-refractivity contribution in [3.8, 4) is 0 Å². The molecule has 0 bridgehead atoms. The van der Waals surface area contributed by atoms with Crippen molar-refractivity contribution < 1.29 is 30.7 Å². The van der Waals surface area contributed by atoms with Crippen LogP contribution in [0.1, 0.15) is 30.4 Å². The van der Waals surface area contributed by atoms with Gasteiger partial charge in [-0.3, -0.25) is 0 Å². The highest BCUT2D eigenvalue weighted by atomic mass is 19.4. The Hall–Kier alpha value is -1.31. The van der Waals surface area contributed by atoms with Crippen LogP contribution in [0, 0.1) is 5.82 Å². The monoisotopic (exact) mass is 317 g/mol. The minimum Gasteiger partial charge on any atom is -0.313 e. The van der Waals surface area contributed by atoms with Gasteiger partial charge in [-0.25, -0.2) is 4.39 Å². The first-order chi connectivity index (χ1) is 9.59. The lowest BCUT2D eigenvalue weighted by Crippen LogP contribution is -2.19. The van der Waals surface area contributed by atoms with E-state index in [4.69, 9.17) is 0 Å². The maximum Gasteiger partial charge on any atom is 0.416 e. The number of unbranched alkanes of at least 4 members (excludes halogenated alkanes) is 1. The molecule has 1 N–H and O–H groups in total. The van der Waals surface area contributed by atoms with E-state index < -0.39 is 30.2 Å². The van der Waals surface area contributed by atoms with E-state index in [9.17, 15) is 30.7 Å². The third kappa shape index (κ3) is 6.79. The second kappa shape index (κ2) is 7.11. The molecule has 0 saturated heterocycles. The fraction of sp³-hybridized carbons (Fsp3) is 0.538. The van der Waals surface area contributed by atoms with E-state index in [1.54, 1.807) is 0 Å². The molecule has 8 heteroatoms. The molecule has 0 aliphatic carbocycles. The molecule has 0 unspecified atom stereocenters. The second-order valence-corrected chi connectivity index (χ2v) is 4.55. The average Bonchev–Trinajstić information content (AvgIpc) is 2.32. The summed E-state index contributed by atoms with van der Waals surface area (Å²) >= 11 is 0. The topological polar surface area (TPSA) is 12.0 Å². The zero-order valence-corrected chi connectivity index (χ0v) is 10.9. The van der Waals surface area contributed by atoms with Gasteiger partial charge < -0.3 is 5.32 Å². The fourth-order valence-electron chi connectivity index (χ4n) is 1.77. The first-order valence-corrected chi connectivity index (χ1v) is 6.23. The Labute approximate surface area is 117 Å². The zero-order chi connectivity index (χ0) is 16.1. The van der Waals surface area contributed by atoms with Crippen molar-refractivity contribution >= 4 is 0 Å². The highest BCUT2D eigenvalue weighted by Crippen LogP contribution is 2.32. The summed E-state index contributed by atoms with van der Waals surface area (Å²) in [5.41, 5.74) is -1.22. The van der Waals surface area contributed by atoms with Crippen LogP contribution in [0.4, 0.5) is 30.7 Å². The van der Waals surface area contributed by atoms with Gasteiger partial charge in [0.05, 0.1) is 5.56 Å². The van der Waals surface area contributed by atoms with E-state index in [0.717, 1.165) is 12.1 Å². The predicted molar refractivity (Wildman–Crippen MR) is 63.0 cm³/mol. The van der Waals surface area contributed by atoms with Crippen LogP contribution in [0.3, 0.4) is 0 Å². The van der Waals surface area contributed by atoms with E-state index in [1.807, 2.05) is 0 Å². The maximum absolute atomic E-state index is 12.9. The van der Waals surface area contributed by atoms with Crippen molar-refractivity contribution in [1.29, 1.82) is 0 Å². The van der Waals surface area contributed by atoms with Gasteiger partial charge in [0.2, 0.25) is 0 Å². The molecular formula is C13H14F7N. The van der Waals surface area contributed by atoms with Crippen LogP contribution < -0.4 is 5.32 Å². The lowest BCUT2D eigenvalue weighted by atomic mass is 10.1. The standard InChI is InChI=1S/C13H14F7N/c14-10-4-3-9(11(7-10)13(18,19)20)8-21-6-2-1-5-12(15,16)17/h3-4,7,21H,1-2,5-6,8H2. The van der Waals surface area contributed by atoms with Crippen molar-refractivity contribution in [2.75, 3.05) is 6.54 Å². The molecule has 0 saturated carbocycles. The van der Waals surface area contributed by atoms with Crippen LogP contribution in [-0.2, 0) is 12.7 Å². The summed E-state index contributed by atoms with van der Waals surface area (Å²) in [6, 6.07) is 2.33. The van der Waals surface area contributed by atoms with E-state index in [0.29, 0.717) is 6.07 Å². The van der Waals surface area contributed by atoms with Crippen molar-refractivity contribution in [2.45, 2.75) is 38.2 Å². The third-order valence-corrected chi connectivity index (χ3v) is 2.76. The molecule has 0 aromatic heterocycles. The largest absolute Gasteiger partial charge is 0.416 e. The van der Waals surface area contributed by atoms with Gasteiger partial charge >= 0.3 is 12.4 Å². The highest BCUT2D eigenvalue weighted by Gasteiger charge is 2.33. The van der Waals surface area contributed by atoms with Gasteiger partial charge in [0, 0.05) is 13.0 Å². The summed E-state index contributed by atoms with van der Waals surface area (Å²) in [5.74, 6) is -0.990. The molecule has 1 rings (SSSR count). The van der Waals surface area contributed by atoms with E-state index in [-0.39, 0.29) is 31.5 Å². The molecular weight excluding hydrogens is 303 g/mol. The Morgan fingerprint density at radius 1 is 0.952 bits per heavy atom. The number of alkyl halides is 6. The molecule has 1 aromatic carbocycles. The van der Waals surface area contributed by atoms with Gasteiger partial charge in [0.25, 0.3) is 0 Å². The summed E-state index contributed by atoms with van der Waals surface area (Å²) in [4.78, 5) is 0. The Bertz CT molecular complexity index is 451. The van der Waals surface area contributed by atoms with Gasteiger partial charge in [-0.15, -0.1) is 0 Å². The zero-order valence-electron chi connectivity index (χ0n) is 10.9. The highest BCUT2D eigenvalue weighted by molar-refractivity contribution is 5.30. The normalized spacial score (nSPS) is 12.7. The van der Waals surface area contributed by atoms with Crippen LogP contribution >= 0.6 is 0 Å². The smallest absolute Gasteiger partial charge is 0.313 e. The number of benzene rings is 1. The molecule has 21 heavy (non-hydrogen) atoms. The van der Waals surface area contributed by atoms with Gasteiger partial charge in [0.15, 0.2) is 0 Å². The van der Waals surface area contributed by atoms with Crippen LogP contribution in [0.2, 0.25) is 0 Å². The minimum atomic E-state index is -4.67. The molecule has 1 aromatic rings. The first kappa shape index (κ1) is 17.7. The average molecular weight is 317 g/mol. The molecule has 0 aliphatic rings. The lowest BCUT2D eigenvalue weighted by Gasteiger charge is -2.13. The minimum absolute atomic E-state index is 0.0912. The summed E-state index contributed by atoms with van der Waals surface area (Å²) in [7, 11) is 0. The van der Waals surface area contributed by atoms with Crippen LogP contribution in [0.15, 0.2) is 18.2 Å². The van der Waals surface area contributed by atoms with Crippen LogP contribution in [-0.4, -0.2) is 12.7 Å². The van der Waals surface area contributed by atoms with Crippen LogP contribution in [0.5, 0.6) is 0 Å². The molecule has 0 amide bonds. The van der Waals surface area contributed by atoms with Gasteiger partial charge in [0.1, 0.15) is 5.82 Å². The maximum atomic E-state index is 12.9. The number of rotatable bonds is 6. The number of hydrogen-bond acceptors (Lipinski definition) is 1. The van der Waals surface area contributed by atoms with Crippen molar-refractivity contribution in [1.82, 2.24) is 5.32 Å². The lowest BCUT2D eigenvalue weighted by molar-refractivity contribution is -0.138. The first-order valence-electron chi connectivity index (χ1n) is 6.23. The van der Waals surface area contributed by atoms with Crippen LogP contribution in [0.25, 0.3) is 0 Å². The second-order valence-electron chi connectivity index (χ2n) is 4.55. The predicted octanol–water partition coefficient (Wildman–Crippen LogP) is 4.67. The third-order valence-electron chi connectivity index (χ3n) is 2.76. The molecule has 0 heterocycles. The van der Waals surface area contributed by atoms with E-state index >= 15 is 0 Å². The Morgan fingerprint density at radius 3 is 2.19 bits per heavy atom. The molecule has 0 aliphatic heterocycles. The SMILES string of the molecule is Fc1ccc(CNCCCCC(F)(F)F)c(C(F)(F)F)c1. The van der Waals surface area contributed by atoms with E-state index in [1.165, 1.54) is 0 Å². The summed E-state index contributed by atoms with van der Waals surface area (Å²) < 4.78 is 86.5.